The Morgan fingerprint density at radius 2 is 1.62 bits per heavy atom. The number of hydrogen-bond donors (Lipinski definition) is 3. The number of aliphatic hydroxyl groups excluding tert-OH is 3. The molecule has 0 amide bonds. The Morgan fingerprint density at radius 1 is 1.12 bits per heavy atom. The van der Waals surface area contributed by atoms with Crippen molar-refractivity contribution in [1.82, 2.24) is 0 Å². The molecule has 0 aromatic carbocycles. The van der Waals surface area contributed by atoms with Crippen molar-refractivity contribution in [3.05, 3.63) is 37.0 Å². The van der Waals surface area contributed by atoms with Gasteiger partial charge < -0.3 is 24.8 Å². The molecule has 0 aliphatic carbocycles. The van der Waals surface area contributed by atoms with Crippen LogP contribution in [0.15, 0.2) is 37.0 Å². The van der Waals surface area contributed by atoms with Gasteiger partial charge in [-0.05, 0) is 0 Å². The minimum absolute atomic E-state index is 0.714. The Hall–Kier alpha value is -2.28. The minimum Gasteiger partial charge on any atom is -0.501 e. The maximum Gasteiger partial charge on any atom is 0.338 e. The van der Waals surface area contributed by atoms with E-state index in [0.29, 0.717) is 6.08 Å². The SMILES string of the molecule is C=CC(=O)O/C(O)=C(/O)C(O)OC(=O)C=C. The van der Waals surface area contributed by atoms with Crippen LogP contribution in [0.2, 0.25) is 0 Å². The summed E-state index contributed by atoms with van der Waals surface area (Å²) in [6.45, 7) is 6.06. The summed E-state index contributed by atoms with van der Waals surface area (Å²) >= 11 is 0. The average molecular weight is 230 g/mol. The maximum absolute atomic E-state index is 10.6. The van der Waals surface area contributed by atoms with Crippen molar-refractivity contribution in [3.8, 4) is 0 Å². The van der Waals surface area contributed by atoms with Gasteiger partial charge in [0.1, 0.15) is 0 Å². The highest BCUT2D eigenvalue weighted by Gasteiger charge is 2.20. The maximum atomic E-state index is 10.6. The van der Waals surface area contributed by atoms with E-state index in [1.807, 2.05) is 0 Å². The lowest BCUT2D eigenvalue weighted by Crippen LogP contribution is -2.21. The number of ether oxygens (including phenoxy) is 2. The third-order valence-electron chi connectivity index (χ3n) is 1.21. The molecule has 0 radical (unpaired) electrons. The van der Waals surface area contributed by atoms with Crippen molar-refractivity contribution in [2.24, 2.45) is 0 Å². The lowest BCUT2D eigenvalue weighted by molar-refractivity contribution is -0.161. The van der Waals surface area contributed by atoms with Crippen LogP contribution < -0.4 is 0 Å². The molecule has 0 aliphatic heterocycles. The van der Waals surface area contributed by atoms with E-state index in [9.17, 15) is 9.59 Å². The molecule has 0 aromatic heterocycles. The van der Waals surface area contributed by atoms with Crippen LogP contribution in [0.4, 0.5) is 0 Å². The summed E-state index contributed by atoms with van der Waals surface area (Å²) in [5, 5.41) is 27.0. The van der Waals surface area contributed by atoms with Crippen LogP contribution in [0.3, 0.4) is 0 Å². The number of rotatable bonds is 5. The largest absolute Gasteiger partial charge is 0.501 e. The molecule has 16 heavy (non-hydrogen) atoms. The van der Waals surface area contributed by atoms with Gasteiger partial charge in [-0.1, -0.05) is 13.2 Å². The predicted molar refractivity (Wildman–Crippen MR) is 50.9 cm³/mol. The van der Waals surface area contributed by atoms with Crippen LogP contribution in [0, 0.1) is 0 Å². The van der Waals surface area contributed by atoms with E-state index < -0.39 is 29.9 Å². The molecular weight excluding hydrogens is 220 g/mol. The molecule has 7 heteroatoms. The van der Waals surface area contributed by atoms with Gasteiger partial charge in [0.15, 0.2) is 0 Å². The van der Waals surface area contributed by atoms with Crippen molar-refractivity contribution in [2.75, 3.05) is 0 Å². The number of aliphatic hydroxyl groups is 3. The van der Waals surface area contributed by atoms with E-state index in [-0.39, 0.29) is 0 Å². The summed E-state index contributed by atoms with van der Waals surface area (Å²) in [5.41, 5.74) is 0. The van der Waals surface area contributed by atoms with Gasteiger partial charge in [-0.15, -0.1) is 0 Å². The molecule has 3 N–H and O–H groups in total. The summed E-state index contributed by atoms with van der Waals surface area (Å²) in [4.78, 5) is 21.2. The molecule has 0 heterocycles. The fraction of sp³-hybridized carbons (Fsp3) is 0.111. The highest BCUT2D eigenvalue weighted by Crippen LogP contribution is 2.07. The molecule has 1 atom stereocenters. The third kappa shape index (κ3) is 4.29. The molecule has 1 unspecified atom stereocenters. The Balaban J connectivity index is 4.60. The first-order valence-corrected chi connectivity index (χ1v) is 3.89. The van der Waals surface area contributed by atoms with Crippen LogP contribution >= 0.6 is 0 Å². The van der Waals surface area contributed by atoms with E-state index in [1.165, 1.54) is 0 Å². The van der Waals surface area contributed by atoms with Gasteiger partial charge in [-0.2, -0.15) is 0 Å². The second-order valence-corrected chi connectivity index (χ2v) is 2.31. The highest BCUT2D eigenvalue weighted by atomic mass is 16.7. The standard InChI is InChI=1S/C9H10O7/c1-3-5(10)15-8(13)7(12)9(14)16-6(11)4-2/h3-4,8,12-14H,1-2H2/b9-7+. The molecule has 0 aromatic rings. The topological polar surface area (TPSA) is 113 Å². The van der Waals surface area contributed by atoms with Crippen molar-refractivity contribution in [3.63, 3.8) is 0 Å². The Labute approximate surface area is 90.5 Å². The van der Waals surface area contributed by atoms with E-state index >= 15 is 0 Å². The Bertz CT molecular complexity index is 342. The van der Waals surface area contributed by atoms with Gasteiger partial charge in [0.2, 0.25) is 5.76 Å². The summed E-state index contributed by atoms with van der Waals surface area (Å²) in [7, 11) is 0. The molecule has 0 spiro atoms. The average Bonchev–Trinajstić information content (AvgIpc) is 2.27. The lowest BCUT2D eigenvalue weighted by Gasteiger charge is -2.10. The molecule has 0 saturated heterocycles. The molecule has 0 aliphatic rings. The fourth-order valence-electron chi connectivity index (χ4n) is 0.509. The molecule has 88 valence electrons. The lowest BCUT2D eigenvalue weighted by atomic mass is 10.5. The van der Waals surface area contributed by atoms with Crippen molar-refractivity contribution in [2.45, 2.75) is 6.29 Å². The second-order valence-electron chi connectivity index (χ2n) is 2.31. The first-order chi connectivity index (χ1) is 7.42. The number of esters is 2. The summed E-state index contributed by atoms with van der Waals surface area (Å²) in [6.07, 6.45) is -0.724. The normalized spacial score (nSPS) is 13.1. The zero-order valence-corrected chi connectivity index (χ0v) is 8.12. The van der Waals surface area contributed by atoms with Crippen LogP contribution in [0.5, 0.6) is 0 Å². The number of hydrogen-bond acceptors (Lipinski definition) is 7. The van der Waals surface area contributed by atoms with Gasteiger partial charge in [-0.3, -0.25) is 0 Å². The van der Waals surface area contributed by atoms with Crippen molar-refractivity contribution >= 4 is 11.9 Å². The zero-order valence-electron chi connectivity index (χ0n) is 8.12. The van der Waals surface area contributed by atoms with Gasteiger partial charge in [-0.25, -0.2) is 9.59 Å². The number of carbonyl (C=O) groups excluding carboxylic acids is 2. The van der Waals surface area contributed by atoms with Crippen LogP contribution in [-0.4, -0.2) is 33.5 Å². The van der Waals surface area contributed by atoms with Crippen LogP contribution in [0.1, 0.15) is 0 Å². The first-order valence-electron chi connectivity index (χ1n) is 3.89. The van der Waals surface area contributed by atoms with E-state index in [1.54, 1.807) is 0 Å². The highest BCUT2D eigenvalue weighted by molar-refractivity contribution is 5.82. The van der Waals surface area contributed by atoms with E-state index in [0.717, 1.165) is 6.08 Å². The van der Waals surface area contributed by atoms with Gasteiger partial charge in [0.05, 0.1) is 0 Å². The fourth-order valence-corrected chi connectivity index (χ4v) is 0.509. The smallest absolute Gasteiger partial charge is 0.338 e. The summed E-state index contributed by atoms with van der Waals surface area (Å²) in [5.74, 6) is -4.63. The van der Waals surface area contributed by atoms with Gasteiger partial charge in [0, 0.05) is 12.2 Å². The zero-order chi connectivity index (χ0) is 12.7. The quantitative estimate of drug-likeness (QED) is 0.264. The molecule has 7 nitrogen and oxygen atoms in total. The van der Waals surface area contributed by atoms with E-state index in [2.05, 4.69) is 22.6 Å². The molecule has 0 fully saturated rings. The minimum atomic E-state index is -2.16. The van der Waals surface area contributed by atoms with Crippen molar-refractivity contribution in [1.29, 1.82) is 0 Å². The van der Waals surface area contributed by atoms with Crippen molar-refractivity contribution < 1.29 is 34.4 Å². The monoisotopic (exact) mass is 230 g/mol. The molecular formula is C9H10O7. The predicted octanol–water partition coefficient (Wildman–Crippen LogP) is 0.0483. The second kappa shape index (κ2) is 6.25. The first kappa shape index (κ1) is 13.7. The summed E-state index contributed by atoms with van der Waals surface area (Å²) < 4.78 is 8.16. The molecule has 0 rings (SSSR count). The number of carbonyl (C=O) groups is 2. The molecule has 0 saturated carbocycles. The summed E-state index contributed by atoms with van der Waals surface area (Å²) in [6, 6.07) is 0. The molecule has 0 bridgehead atoms. The van der Waals surface area contributed by atoms with Gasteiger partial charge >= 0.3 is 17.9 Å². The van der Waals surface area contributed by atoms with Gasteiger partial charge in [0.25, 0.3) is 6.29 Å². The third-order valence-corrected chi connectivity index (χ3v) is 1.21. The van der Waals surface area contributed by atoms with E-state index in [4.69, 9.17) is 15.3 Å². The van der Waals surface area contributed by atoms with Crippen LogP contribution in [0.25, 0.3) is 0 Å². The van der Waals surface area contributed by atoms with Crippen LogP contribution in [-0.2, 0) is 19.1 Å². The Kier molecular flexibility index (Phi) is 5.36. The Morgan fingerprint density at radius 3 is 2.06 bits per heavy atom.